The van der Waals surface area contributed by atoms with E-state index in [0.29, 0.717) is 34.2 Å². The van der Waals surface area contributed by atoms with Gasteiger partial charge in [0.25, 0.3) is 0 Å². The number of halogens is 2. The normalized spacial score (nSPS) is 19.9. The van der Waals surface area contributed by atoms with Gasteiger partial charge in [-0.1, -0.05) is 6.07 Å². The van der Waals surface area contributed by atoms with Gasteiger partial charge in [-0.25, -0.2) is 13.8 Å². The van der Waals surface area contributed by atoms with Gasteiger partial charge < -0.3 is 24.6 Å². The number of hydrogen-bond acceptors (Lipinski definition) is 6. The second-order valence-electron chi connectivity index (χ2n) is 11.1. The van der Waals surface area contributed by atoms with E-state index in [2.05, 4.69) is 39.8 Å². The van der Waals surface area contributed by atoms with Crippen LogP contribution in [0.2, 0.25) is 0 Å². The fourth-order valence-corrected chi connectivity index (χ4v) is 6.52. The third-order valence-electron chi connectivity index (χ3n) is 8.56. The second kappa shape index (κ2) is 9.67. The number of phenolic OH excluding ortho intramolecular Hbond substituents is 1. The highest BCUT2D eigenvalue weighted by Crippen LogP contribution is 2.40. The molecule has 0 spiro atoms. The fraction of sp³-hybridized carbons (Fsp3) is 0.355. The molecule has 7 nitrogen and oxygen atoms in total. The Morgan fingerprint density at radius 3 is 2.75 bits per heavy atom. The Hall–Kier alpha value is -3.82. The second-order valence-corrected chi connectivity index (χ2v) is 11.1. The van der Waals surface area contributed by atoms with Gasteiger partial charge in [0.05, 0.1) is 10.9 Å². The predicted octanol–water partition coefficient (Wildman–Crippen LogP) is 5.70. The number of aromatic nitrogens is 3. The van der Waals surface area contributed by atoms with Gasteiger partial charge >= 0.3 is 0 Å². The average molecular weight is 544 g/mol. The highest BCUT2D eigenvalue weighted by molar-refractivity contribution is 6.08. The Morgan fingerprint density at radius 2 is 1.98 bits per heavy atom. The number of likely N-dealkylation sites (tertiary alicyclic amines) is 1. The lowest BCUT2D eigenvalue weighted by molar-refractivity contribution is 0.195. The average Bonchev–Trinajstić information content (AvgIpc) is 3.68. The molecule has 2 aliphatic heterocycles. The summed E-state index contributed by atoms with van der Waals surface area (Å²) in [4.78, 5) is 11.6. The summed E-state index contributed by atoms with van der Waals surface area (Å²) in [6.45, 7) is 5.30. The SMILES string of the molecule is Cc1cc2c(OCC3CCCN3C)nc3c(F)c(-c4cc(O)cc5ccc(F)cc45)ncc3c2n1C1CCNC1. The van der Waals surface area contributed by atoms with Crippen molar-refractivity contribution in [3.05, 3.63) is 59.9 Å². The number of phenols is 1. The summed E-state index contributed by atoms with van der Waals surface area (Å²) in [5.74, 6) is -0.736. The molecule has 2 aromatic carbocycles. The summed E-state index contributed by atoms with van der Waals surface area (Å²) >= 11 is 0. The van der Waals surface area contributed by atoms with Crippen LogP contribution in [0.5, 0.6) is 11.6 Å². The van der Waals surface area contributed by atoms with Gasteiger partial charge in [0.15, 0.2) is 5.82 Å². The summed E-state index contributed by atoms with van der Waals surface area (Å²) in [5, 5.41) is 16.3. The van der Waals surface area contributed by atoms with Gasteiger partial charge in [0, 0.05) is 41.5 Å². The van der Waals surface area contributed by atoms with Gasteiger partial charge in [-0.2, -0.15) is 0 Å². The van der Waals surface area contributed by atoms with Crippen LogP contribution in [0.4, 0.5) is 8.78 Å². The number of hydrogen-bond donors (Lipinski definition) is 2. The Bertz CT molecular complexity index is 1780. The van der Waals surface area contributed by atoms with Crippen molar-refractivity contribution in [2.24, 2.45) is 0 Å². The quantitative estimate of drug-likeness (QED) is 0.296. The van der Waals surface area contributed by atoms with Crippen molar-refractivity contribution in [3.63, 3.8) is 0 Å². The number of fused-ring (bicyclic) bond motifs is 4. The third kappa shape index (κ3) is 4.07. The molecule has 0 radical (unpaired) electrons. The van der Waals surface area contributed by atoms with Crippen LogP contribution in [0.25, 0.3) is 43.8 Å². The zero-order valence-electron chi connectivity index (χ0n) is 22.5. The monoisotopic (exact) mass is 543 g/mol. The number of ether oxygens (including phenoxy) is 1. The molecule has 40 heavy (non-hydrogen) atoms. The molecule has 9 heteroatoms. The van der Waals surface area contributed by atoms with Gasteiger partial charge in [-0.15, -0.1) is 0 Å². The number of rotatable bonds is 5. The van der Waals surface area contributed by atoms with Crippen LogP contribution >= 0.6 is 0 Å². The maximum absolute atomic E-state index is 16.6. The summed E-state index contributed by atoms with van der Waals surface area (Å²) in [6.07, 6.45) is 4.78. The summed E-state index contributed by atoms with van der Waals surface area (Å²) in [5.41, 5.74) is 2.36. The molecule has 0 aliphatic carbocycles. The molecule has 2 unspecified atom stereocenters. The third-order valence-corrected chi connectivity index (χ3v) is 8.56. The molecule has 0 saturated carbocycles. The number of benzene rings is 2. The van der Waals surface area contributed by atoms with Crippen molar-refractivity contribution in [2.45, 2.75) is 38.3 Å². The van der Waals surface area contributed by atoms with E-state index in [4.69, 9.17) is 9.72 Å². The first-order valence-corrected chi connectivity index (χ1v) is 13.8. The van der Waals surface area contributed by atoms with E-state index < -0.39 is 11.6 Å². The van der Waals surface area contributed by atoms with Crippen LogP contribution < -0.4 is 10.1 Å². The fourth-order valence-electron chi connectivity index (χ4n) is 6.52. The van der Waals surface area contributed by atoms with Crippen molar-refractivity contribution in [3.8, 4) is 22.9 Å². The van der Waals surface area contributed by atoms with Crippen molar-refractivity contribution in [1.82, 2.24) is 24.8 Å². The number of aromatic hydroxyl groups is 1. The van der Waals surface area contributed by atoms with Gasteiger partial charge in [-0.05, 0) is 87.4 Å². The number of pyridine rings is 2. The smallest absolute Gasteiger partial charge is 0.223 e. The standard InChI is InChI=1S/C31H31F2N5O2/c1-17-10-25-30(38(17)20-7-8-34-14-20)26-15-35-28(24-13-22(39)11-18-5-6-19(32)12-23(18)24)27(33)29(26)36-31(25)40-16-21-4-3-9-37(21)2/h5-6,10-13,15,20-21,34,39H,3-4,7-9,14,16H2,1-2H3. The molecule has 2 aliphatic rings. The number of nitrogens with zero attached hydrogens (tertiary/aromatic N) is 4. The van der Waals surface area contributed by atoms with Crippen LogP contribution in [0, 0.1) is 18.6 Å². The molecule has 0 amide bonds. The van der Waals surface area contributed by atoms with Gasteiger partial charge in [-0.3, -0.25) is 4.98 Å². The molecule has 2 atom stereocenters. The Morgan fingerprint density at radius 1 is 1.10 bits per heavy atom. The van der Waals surface area contributed by atoms with E-state index in [1.807, 2.05) is 0 Å². The summed E-state index contributed by atoms with van der Waals surface area (Å²) in [6, 6.07) is 9.72. The summed E-state index contributed by atoms with van der Waals surface area (Å²) < 4.78 is 39.4. The first-order chi connectivity index (χ1) is 19.4. The van der Waals surface area contributed by atoms with Crippen molar-refractivity contribution in [1.29, 1.82) is 0 Å². The van der Waals surface area contributed by atoms with Crippen LogP contribution in [0.3, 0.4) is 0 Å². The molecule has 0 bridgehead atoms. The maximum atomic E-state index is 16.6. The van der Waals surface area contributed by atoms with Gasteiger partial charge in [0.2, 0.25) is 5.88 Å². The van der Waals surface area contributed by atoms with Crippen molar-refractivity contribution >= 4 is 32.6 Å². The molecule has 2 saturated heterocycles. The molecular formula is C31H31F2N5O2. The number of nitrogens with one attached hydrogen (secondary N) is 1. The molecule has 5 heterocycles. The maximum Gasteiger partial charge on any atom is 0.223 e. The highest BCUT2D eigenvalue weighted by Gasteiger charge is 2.27. The van der Waals surface area contributed by atoms with Crippen LogP contribution in [0.15, 0.2) is 42.6 Å². The number of likely N-dealkylation sites (N-methyl/N-ethyl adjacent to an activating group) is 1. The van der Waals surface area contributed by atoms with Crippen LogP contribution in [0.1, 0.15) is 31.0 Å². The lowest BCUT2D eigenvalue weighted by atomic mass is 10.00. The van der Waals surface area contributed by atoms with E-state index in [9.17, 15) is 9.50 Å². The van der Waals surface area contributed by atoms with Crippen LogP contribution in [-0.2, 0) is 0 Å². The van der Waals surface area contributed by atoms with E-state index in [1.165, 1.54) is 24.3 Å². The largest absolute Gasteiger partial charge is 0.508 e. The van der Waals surface area contributed by atoms with E-state index in [0.717, 1.165) is 55.5 Å². The minimum atomic E-state index is -0.631. The number of aryl methyl sites for hydroxylation is 1. The highest BCUT2D eigenvalue weighted by atomic mass is 19.1. The first-order valence-electron chi connectivity index (χ1n) is 13.8. The van der Waals surface area contributed by atoms with Crippen molar-refractivity contribution < 1.29 is 18.6 Å². The first kappa shape index (κ1) is 25.2. The Labute approximate surface area is 230 Å². The minimum Gasteiger partial charge on any atom is -0.508 e. The van der Waals surface area contributed by atoms with E-state index in [-0.39, 0.29) is 29.0 Å². The van der Waals surface area contributed by atoms with Crippen LogP contribution in [-0.4, -0.2) is 63.9 Å². The topological polar surface area (TPSA) is 75.4 Å². The van der Waals surface area contributed by atoms with E-state index >= 15 is 4.39 Å². The molecule has 2 N–H and O–H groups in total. The Kier molecular flexibility index (Phi) is 6.09. The molecule has 7 rings (SSSR count). The minimum absolute atomic E-state index is 0.00434. The van der Waals surface area contributed by atoms with Crippen molar-refractivity contribution in [2.75, 3.05) is 33.3 Å². The molecular weight excluding hydrogens is 512 g/mol. The molecule has 5 aromatic rings. The molecule has 2 fully saturated rings. The zero-order valence-corrected chi connectivity index (χ0v) is 22.5. The predicted molar refractivity (Wildman–Crippen MR) is 152 cm³/mol. The lowest BCUT2D eigenvalue weighted by Gasteiger charge is -2.21. The Balaban J connectivity index is 1.46. The molecule has 3 aromatic heterocycles. The summed E-state index contributed by atoms with van der Waals surface area (Å²) in [7, 11) is 2.10. The molecule has 206 valence electrons. The lowest BCUT2D eigenvalue weighted by Crippen LogP contribution is -2.30. The zero-order chi connectivity index (χ0) is 27.5. The van der Waals surface area contributed by atoms with Gasteiger partial charge in [0.1, 0.15) is 29.4 Å². The van der Waals surface area contributed by atoms with E-state index in [1.54, 1.807) is 12.3 Å².